The van der Waals surface area contributed by atoms with Crippen LogP contribution in [-0.2, 0) is 13.1 Å². The van der Waals surface area contributed by atoms with Crippen molar-refractivity contribution in [2.24, 2.45) is 0 Å². The molecular formula is C28H21N5O5. The normalized spacial score (nSPS) is 12.3. The Balaban J connectivity index is 1.46. The Kier molecular flexibility index (Phi) is 6.60. The molecule has 5 rings (SSSR count). The average Bonchev–Trinajstić information content (AvgIpc) is 3.20. The number of hydrogen-bond donors (Lipinski definition) is 3. The highest BCUT2D eigenvalue weighted by atomic mass is 16.4. The molecule has 38 heavy (non-hydrogen) atoms. The van der Waals surface area contributed by atoms with Crippen LogP contribution in [0.15, 0.2) is 85.5 Å². The lowest BCUT2D eigenvalue weighted by molar-refractivity contribution is 0.0696. The van der Waals surface area contributed by atoms with Gasteiger partial charge in [-0.3, -0.25) is 24.4 Å². The standard InChI is InChI=1S/C28H21N5O5/c34-25(32-16-18-4-2-10-30-14-18)23-12-20(6-8-24(23)31-15-17-3-1-9-29-13-17)33-26(35)21-7-5-19(28(37)38)11-22(21)27(33)36/h1-14,31H,15-16H2,(H,32,34)(H,37,38). The van der Waals surface area contributed by atoms with Gasteiger partial charge in [0.2, 0.25) is 0 Å². The lowest BCUT2D eigenvalue weighted by atomic mass is 10.1. The van der Waals surface area contributed by atoms with Crippen LogP contribution in [0.4, 0.5) is 11.4 Å². The summed E-state index contributed by atoms with van der Waals surface area (Å²) in [7, 11) is 0. The number of benzene rings is 2. The Morgan fingerprint density at radius 1 is 0.816 bits per heavy atom. The summed E-state index contributed by atoms with van der Waals surface area (Å²) in [4.78, 5) is 60.0. The topological polar surface area (TPSA) is 142 Å². The van der Waals surface area contributed by atoms with Gasteiger partial charge in [0.1, 0.15) is 0 Å². The number of anilines is 2. The Bertz CT molecular complexity index is 1560. The average molecular weight is 508 g/mol. The molecule has 188 valence electrons. The Morgan fingerprint density at radius 3 is 2.16 bits per heavy atom. The van der Waals surface area contributed by atoms with Crippen molar-refractivity contribution < 1.29 is 24.3 Å². The molecule has 3 N–H and O–H groups in total. The quantitative estimate of drug-likeness (QED) is 0.308. The van der Waals surface area contributed by atoms with Crippen LogP contribution in [0.2, 0.25) is 0 Å². The van der Waals surface area contributed by atoms with Crippen LogP contribution in [-0.4, -0.2) is 38.8 Å². The minimum atomic E-state index is -1.21. The van der Waals surface area contributed by atoms with Crippen LogP contribution in [0.5, 0.6) is 0 Å². The lowest BCUT2D eigenvalue weighted by Crippen LogP contribution is -2.30. The number of pyridine rings is 2. The summed E-state index contributed by atoms with van der Waals surface area (Å²) >= 11 is 0. The maximum Gasteiger partial charge on any atom is 0.335 e. The number of fused-ring (bicyclic) bond motifs is 1. The van der Waals surface area contributed by atoms with Gasteiger partial charge in [-0.15, -0.1) is 0 Å². The number of carboxylic acid groups (broad SMARTS) is 1. The molecule has 0 saturated carbocycles. The predicted octanol–water partition coefficient (Wildman–Crippen LogP) is 3.52. The van der Waals surface area contributed by atoms with E-state index in [0.717, 1.165) is 16.0 Å². The molecule has 0 unspecified atom stereocenters. The SMILES string of the molecule is O=C(O)c1ccc2c(c1)C(=O)N(c1ccc(NCc3cccnc3)c(C(=O)NCc3cccnc3)c1)C2=O. The van der Waals surface area contributed by atoms with Gasteiger partial charge in [-0.05, 0) is 59.7 Å². The highest BCUT2D eigenvalue weighted by Crippen LogP contribution is 2.32. The maximum atomic E-state index is 13.3. The number of carbonyl (C=O) groups excluding carboxylic acids is 3. The van der Waals surface area contributed by atoms with E-state index in [4.69, 9.17) is 0 Å². The van der Waals surface area contributed by atoms with Crippen molar-refractivity contribution in [1.29, 1.82) is 0 Å². The number of imide groups is 1. The number of aromatic carboxylic acids is 1. The van der Waals surface area contributed by atoms with E-state index in [1.54, 1.807) is 49.1 Å². The highest BCUT2D eigenvalue weighted by molar-refractivity contribution is 6.34. The Hall–Kier alpha value is -5.38. The third-order valence-corrected chi connectivity index (χ3v) is 6.02. The van der Waals surface area contributed by atoms with Crippen LogP contribution in [0.1, 0.15) is 52.6 Å². The molecular weight excluding hydrogens is 486 g/mol. The second-order valence-corrected chi connectivity index (χ2v) is 8.50. The van der Waals surface area contributed by atoms with Gasteiger partial charge in [-0.2, -0.15) is 0 Å². The summed E-state index contributed by atoms with van der Waals surface area (Å²) in [5.74, 6) is -2.89. The molecule has 4 aromatic rings. The first-order chi connectivity index (χ1) is 18.4. The van der Waals surface area contributed by atoms with Crippen molar-refractivity contribution >= 4 is 35.1 Å². The predicted molar refractivity (Wildman–Crippen MR) is 138 cm³/mol. The molecule has 10 heteroatoms. The van der Waals surface area contributed by atoms with Crippen LogP contribution < -0.4 is 15.5 Å². The van der Waals surface area contributed by atoms with Crippen molar-refractivity contribution in [1.82, 2.24) is 15.3 Å². The van der Waals surface area contributed by atoms with E-state index in [1.807, 2.05) is 12.1 Å². The minimum Gasteiger partial charge on any atom is -0.478 e. The zero-order chi connectivity index (χ0) is 26.6. The van der Waals surface area contributed by atoms with E-state index >= 15 is 0 Å². The summed E-state index contributed by atoms with van der Waals surface area (Å²) in [6.45, 7) is 0.616. The largest absolute Gasteiger partial charge is 0.478 e. The molecule has 3 amide bonds. The number of rotatable bonds is 8. The van der Waals surface area contributed by atoms with Crippen molar-refractivity contribution in [2.75, 3.05) is 10.2 Å². The zero-order valence-electron chi connectivity index (χ0n) is 19.9. The number of hydrogen-bond acceptors (Lipinski definition) is 7. The number of carboxylic acids is 1. The number of aromatic nitrogens is 2. The summed E-state index contributed by atoms with van der Waals surface area (Å²) < 4.78 is 0. The minimum absolute atomic E-state index is 0.00346. The number of nitrogens with one attached hydrogen (secondary N) is 2. The molecule has 1 aliphatic rings. The summed E-state index contributed by atoms with van der Waals surface area (Å²) in [5, 5.41) is 15.3. The first kappa shape index (κ1) is 24.3. The highest BCUT2D eigenvalue weighted by Gasteiger charge is 2.37. The molecule has 0 fully saturated rings. The van der Waals surface area contributed by atoms with Crippen LogP contribution in [0.3, 0.4) is 0 Å². The van der Waals surface area contributed by atoms with Crippen molar-refractivity contribution in [3.8, 4) is 0 Å². The van der Waals surface area contributed by atoms with Gasteiger partial charge in [0.15, 0.2) is 0 Å². The molecule has 10 nitrogen and oxygen atoms in total. The summed E-state index contributed by atoms with van der Waals surface area (Å²) in [6.07, 6.45) is 6.64. The molecule has 0 radical (unpaired) electrons. The molecule has 0 atom stereocenters. The molecule has 2 aromatic heterocycles. The monoisotopic (exact) mass is 507 g/mol. The van der Waals surface area contributed by atoms with E-state index in [0.29, 0.717) is 12.2 Å². The number of amides is 3. The van der Waals surface area contributed by atoms with Gasteiger partial charge in [0.05, 0.1) is 27.9 Å². The number of carbonyl (C=O) groups is 4. The Morgan fingerprint density at radius 2 is 1.50 bits per heavy atom. The van der Waals surface area contributed by atoms with Gasteiger partial charge in [0.25, 0.3) is 17.7 Å². The van der Waals surface area contributed by atoms with E-state index in [9.17, 15) is 24.3 Å². The summed E-state index contributed by atoms with van der Waals surface area (Å²) in [5.41, 5.74) is 2.59. The van der Waals surface area contributed by atoms with Gasteiger partial charge in [-0.25, -0.2) is 9.69 Å². The molecule has 0 bridgehead atoms. The van der Waals surface area contributed by atoms with Crippen LogP contribution in [0.25, 0.3) is 0 Å². The van der Waals surface area contributed by atoms with Gasteiger partial charge in [0, 0.05) is 43.6 Å². The smallest absolute Gasteiger partial charge is 0.335 e. The fourth-order valence-electron chi connectivity index (χ4n) is 4.10. The second kappa shape index (κ2) is 10.3. The van der Waals surface area contributed by atoms with Gasteiger partial charge >= 0.3 is 5.97 Å². The maximum absolute atomic E-state index is 13.3. The van der Waals surface area contributed by atoms with Crippen molar-refractivity contribution in [3.05, 3.63) is 119 Å². The Labute approximate surface area is 217 Å². The number of nitrogens with zero attached hydrogens (tertiary/aromatic N) is 3. The van der Waals surface area contributed by atoms with E-state index < -0.39 is 23.7 Å². The fraction of sp³-hybridized carbons (Fsp3) is 0.0714. The third-order valence-electron chi connectivity index (χ3n) is 6.02. The fourth-order valence-corrected chi connectivity index (χ4v) is 4.10. The first-order valence-electron chi connectivity index (χ1n) is 11.6. The molecule has 3 heterocycles. The lowest BCUT2D eigenvalue weighted by Gasteiger charge is -2.18. The summed E-state index contributed by atoms with van der Waals surface area (Å²) in [6, 6.07) is 15.7. The van der Waals surface area contributed by atoms with E-state index in [-0.39, 0.29) is 34.5 Å². The van der Waals surface area contributed by atoms with Crippen LogP contribution >= 0.6 is 0 Å². The first-order valence-corrected chi connectivity index (χ1v) is 11.6. The van der Waals surface area contributed by atoms with Crippen molar-refractivity contribution in [2.45, 2.75) is 13.1 Å². The van der Waals surface area contributed by atoms with Gasteiger partial charge < -0.3 is 15.7 Å². The molecule has 2 aromatic carbocycles. The zero-order valence-corrected chi connectivity index (χ0v) is 19.9. The van der Waals surface area contributed by atoms with E-state index in [1.165, 1.54) is 24.3 Å². The molecule has 0 saturated heterocycles. The molecule has 0 aliphatic carbocycles. The van der Waals surface area contributed by atoms with Gasteiger partial charge in [-0.1, -0.05) is 12.1 Å². The van der Waals surface area contributed by atoms with Crippen LogP contribution in [0, 0.1) is 0 Å². The second-order valence-electron chi connectivity index (χ2n) is 8.50. The van der Waals surface area contributed by atoms with E-state index in [2.05, 4.69) is 20.6 Å². The van der Waals surface area contributed by atoms with Crippen molar-refractivity contribution in [3.63, 3.8) is 0 Å². The molecule has 1 aliphatic heterocycles. The third kappa shape index (κ3) is 4.82. The molecule has 0 spiro atoms.